The fraction of sp³-hybridized carbons (Fsp3) is 0.167. The van der Waals surface area contributed by atoms with Crippen molar-refractivity contribution in [3.63, 3.8) is 0 Å². The van der Waals surface area contributed by atoms with E-state index in [1.165, 1.54) is 11.4 Å². The summed E-state index contributed by atoms with van der Waals surface area (Å²) in [6, 6.07) is 3.32. The molecule has 0 saturated carbocycles. The number of aryl methyl sites for hydroxylation is 2. The molecule has 0 saturated heterocycles. The first-order chi connectivity index (χ1) is 8.99. The molecule has 0 atom stereocenters. The van der Waals surface area contributed by atoms with Crippen molar-refractivity contribution in [2.45, 2.75) is 13.8 Å². The molecule has 6 nitrogen and oxygen atoms in total. The SMILES string of the molecule is Cc1cc(C)c(NC(=O)c2csnn2)c(C(=O)O)c1. The Kier molecular flexibility index (Phi) is 3.57. The molecule has 0 unspecified atom stereocenters. The number of nitrogens with one attached hydrogen (secondary N) is 1. The highest BCUT2D eigenvalue weighted by atomic mass is 32.1. The van der Waals surface area contributed by atoms with Crippen molar-refractivity contribution >= 4 is 29.1 Å². The van der Waals surface area contributed by atoms with Gasteiger partial charge in [0.15, 0.2) is 5.69 Å². The summed E-state index contributed by atoms with van der Waals surface area (Å²) in [6.07, 6.45) is 0. The third-order valence-corrected chi connectivity index (χ3v) is 3.05. The quantitative estimate of drug-likeness (QED) is 0.896. The van der Waals surface area contributed by atoms with Crippen LogP contribution in [0.5, 0.6) is 0 Å². The van der Waals surface area contributed by atoms with Gasteiger partial charge in [-0.2, -0.15) is 0 Å². The molecule has 0 aliphatic heterocycles. The van der Waals surface area contributed by atoms with E-state index in [4.69, 9.17) is 0 Å². The van der Waals surface area contributed by atoms with Crippen LogP contribution in [0.15, 0.2) is 17.5 Å². The van der Waals surface area contributed by atoms with E-state index in [0.717, 1.165) is 17.1 Å². The molecule has 0 fully saturated rings. The maximum absolute atomic E-state index is 11.9. The molecule has 0 bridgehead atoms. The summed E-state index contributed by atoms with van der Waals surface area (Å²) in [5, 5.41) is 16.9. The molecule has 0 aliphatic rings. The zero-order valence-corrected chi connectivity index (χ0v) is 11.1. The lowest BCUT2D eigenvalue weighted by molar-refractivity contribution is 0.0698. The predicted molar refractivity (Wildman–Crippen MR) is 70.7 cm³/mol. The number of rotatable bonds is 3. The van der Waals surface area contributed by atoms with Gasteiger partial charge in [0, 0.05) is 5.38 Å². The molecule has 2 N–H and O–H groups in total. The first-order valence-electron chi connectivity index (χ1n) is 5.42. The van der Waals surface area contributed by atoms with Gasteiger partial charge in [0.2, 0.25) is 0 Å². The van der Waals surface area contributed by atoms with E-state index in [2.05, 4.69) is 14.9 Å². The van der Waals surface area contributed by atoms with Crippen LogP contribution in [0.1, 0.15) is 32.0 Å². The Hall–Kier alpha value is -2.28. The summed E-state index contributed by atoms with van der Waals surface area (Å²) >= 11 is 1.06. The first kappa shape index (κ1) is 13.2. The number of nitrogens with zero attached hydrogens (tertiary/aromatic N) is 2. The lowest BCUT2D eigenvalue weighted by Crippen LogP contribution is -2.16. The van der Waals surface area contributed by atoms with E-state index in [1.54, 1.807) is 19.9 Å². The first-order valence-corrected chi connectivity index (χ1v) is 6.25. The minimum atomic E-state index is -1.08. The van der Waals surface area contributed by atoms with E-state index in [-0.39, 0.29) is 16.9 Å². The number of anilines is 1. The van der Waals surface area contributed by atoms with Crippen LogP contribution in [0.25, 0.3) is 0 Å². The minimum Gasteiger partial charge on any atom is -0.478 e. The topological polar surface area (TPSA) is 92.2 Å². The Bertz CT molecular complexity index is 638. The summed E-state index contributed by atoms with van der Waals surface area (Å²) in [5.74, 6) is -1.55. The summed E-state index contributed by atoms with van der Waals surface area (Å²) in [4.78, 5) is 23.1. The molecule has 2 rings (SSSR count). The highest BCUT2D eigenvalue weighted by Crippen LogP contribution is 2.23. The van der Waals surface area contributed by atoms with Crippen molar-refractivity contribution in [1.29, 1.82) is 0 Å². The van der Waals surface area contributed by atoms with Gasteiger partial charge in [0.05, 0.1) is 11.3 Å². The molecule has 0 spiro atoms. The molecule has 1 aromatic heterocycles. The number of carboxylic acid groups (broad SMARTS) is 1. The molecule has 1 heterocycles. The highest BCUT2D eigenvalue weighted by molar-refractivity contribution is 7.03. The Labute approximate surface area is 113 Å². The lowest BCUT2D eigenvalue weighted by atomic mass is 10.0. The molecule has 1 aromatic carbocycles. The van der Waals surface area contributed by atoms with Crippen molar-refractivity contribution in [1.82, 2.24) is 9.59 Å². The Morgan fingerprint density at radius 1 is 1.32 bits per heavy atom. The molecule has 7 heteroatoms. The van der Waals surface area contributed by atoms with Crippen LogP contribution in [-0.2, 0) is 0 Å². The van der Waals surface area contributed by atoms with Crippen molar-refractivity contribution in [3.8, 4) is 0 Å². The van der Waals surface area contributed by atoms with Gasteiger partial charge in [0.1, 0.15) is 0 Å². The van der Waals surface area contributed by atoms with Crippen LogP contribution in [0.3, 0.4) is 0 Å². The number of hydrogen-bond acceptors (Lipinski definition) is 5. The van der Waals surface area contributed by atoms with E-state index in [9.17, 15) is 14.7 Å². The number of hydrogen-bond donors (Lipinski definition) is 2. The van der Waals surface area contributed by atoms with Crippen LogP contribution < -0.4 is 5.32 Å². The zero-order valence-electron chi connectivity index (χ0n) is 10.3. The van der Waals surface area contributed by atoms with E-state index in [0.29, 0.717) is 5.56 Å². The number of benzene rings is 1. The molecule has 0 aliphatic carbocycles. The molecule has 98 valence electrons. The smallest absolute Gasteiger partial charge is 0.337 e. The number of carboxylic acids is 1. The van der Waals surface area contributed by atoms with Gasteiger partial charge in [-0.05, 0) is 42.6 Å². The number of carbonyl (C=O) groups excluding carboxylic acids is 1. The lowest BCUT2D eigenvalue weighted by Gasteiger charge is -2.11. The van der Waals surface area contributed by atoms with Crippen LogP contribution in [-0.4, -0.2) is 26.6 Å². The van der Waals surface area contributed by atoms with Gasteiger partial charge in [-0.1, -0.05) is 10.6 Å². The van der Waals surface area contributed by atoms with E-state index in [1.807, 2.05) is 0 Å². The average molecular weight is 277 g/mol. The van der Waals surface area contributed by atoms with Crippen LogP contribution in [0.4, 0.5) is 5.69 Å². The maximum atomic E-state index is 11.9. The van der Waals surface area contributed by atoms with Crippen molar-refractivity contribution in [2.75, 3.05) is 5.32 Å². The van der Waals surface area contributed by atoms with Crippen LogP contribution >= 0.6 is 11.5 Å². The molecular weight excluding hydrogens is 266 g/mol. The summed E-state index contributed by atoms with van der Waals surface area (Å²) in [6.45, 7) is 3.55. The Morgan fingerprint density at radius 2 is 2.05 bits per heavy atom. The van der Waals surface area contributed by atoms with Gasteiger partial charge in [0.25, 0.3) is 5.91 Å². The molecule has 2 aromatic rings. The third-order valence-electron chi connectivity index (χ3n) is 2.54. The molecular formula is C12H11N3O3S. The number of aromatic carboxylic acids is 1. The normalized spacial score (nSPS) is 10.2. The summed E-state index contributed by atoms with van der Waals surface area (Å²) in [5.41, 5.74) is 2.03. The average Bonchev–Trinajstić information content (AvgIpc) is 2.85. The second-order valence-electron chi connectivity index (χ2n) is 4.05. The van der Waals surface area contributed by atoms with Gasteiger partial charge in [-0.15, -0.1) is 5.10 Å². The van der Waals surface area contributed by atoms with Crippen molar-refractivity contribution < 1.29 is 14.7 Å². The predicted octanol–water partition coefficient (Wildman–Crippen LogP) is 2.11. The van der Waals surface area contributed by atoms with Gasteiger partial charge < -0.3 is 10.4 Å². The fourth-order valence-corrected chi connectivity index (χ4v) is 2.18. The van der Waals surface area contributed by atoms with Gasteiger partial charge >= 0.3 is 5.97 Å². The molecule has 0 radical (unpaired) electrons. The maximum Gasteiger partial charge on any atom is 0.337 e. The minimum absolute atomic E-state index is 0.0639. The summed E-state index contributed by atoms with van der Waals surface area (Å²) < 4.78 is 3.59. The fourth-order valence-electron chi connectivity index (χ4n) is 1.74. The van der Waals surface area contributed by atoms with Crippen LogP contribution in [0.2, 0.25) is 0 Å². The Morgan fingerprint density at radius 3 is 2.63 bits per heavy atom. The second-order valence-corrected chi connectivity index (χ2v) is 4.66. The Balaban J connectivity index is 2.39. The zero-order chi connectivity index (χ0) is 14.0. The van der Waals surface area contributed by atoms with Crippen molar-refractivity contribution in [2.24, 2.45) is 0 Å². The molecule has 1 amide bonds. The molecule has 19 heavy (non-hydrogen) atoms. The highest BCUT2D eigenvalue weighted by Gasteiger charge is 2.17. The van der Waals surface area contributed by atoms with Crippen LogP contribution in [0, 0.1) is 13.8 Å². The van der Waals surface area contributed by atoms with E-state index < -0.39 is 11.9 Å². The number of aromatic nitrogens is 2. The number of carbonyl (C=O) groups is 2. The monoisotopic (exact) mass is 277 g/mol. The van der Waals surface area contributed by atoms with E-state index >= 15 is 0 Å². The summed E-state index contributed by atoms with van der Waals surface area (Å²) in [7, 11) is 0. The second kappa shape index (κ2) is 5.15. The van der Waals surface area contributed by atoms with Gasteiger partial charge in [-0.25, -0.2) is 4.79 Å². The van der Waals surface area contributed by atoms with Gasteiger partial charge in [-0.3, -0.25) is 4.79 Å². The largest absolute Gasteiger partial charge is 0.478 e. The number of amides is 1. The van der Waals surface area contributed by atoms with Crippen molar-refractivity contribution in [3.05, 3.63) is 39.9 Å². The standard InChI is InChI=1S/C12H11N3O3S/c1-6-3-7(2)10(8(4-6)12(17)18)13-11(16)9-5-19-15-14-9/h3-5H,1-2H3,(H,13,16)(H,17,18). The third kappa shape index (κ3) is 2.76.